The average Bonchev–Trinajstić information content (AvgIpc) is 3.06. The normalized spacial score (nSPS) is 19.3. The Balaban J connectivity index is 1.68. The first kappa shape index (κ1) is 18.4. The monoisotopic (exact) mass is 343 g/mol. The van der Waals surface area contributed by atoms with E-state index in [1.54, 1.807) is 0 Å². The second-order valence-electron chi connectivity index (χ2n) is 7.56. The van der Waals surface area contributed by atoms with E-state index in [4.69, 9.17) is 0 Å². The molecule has 0 radical (unpaired) electrons. The van der Waals surface area contributed by atoms with Crippen LogP contribution in [0.5, 0.6) is 0 Å². The minimum atomic E-state index is 0.165. The molecule has 1 unspecified atom stereocenters. The maximum Gasteiger partial charge on any atom is 0.230 e. The number of carbonyl (C=O) groups excluding carboxylic acids is 1. The largest absolute Gasteiger partial charge is 0.314 e. The lowest BCUT2D eigenvalue weighted by atomic mass is 10.0. The smallest absolute Gasteiger partial charge is 0.230 e. The number of fused-ring (bicyclic) bond motifs is 1. The molecule has 25 heavy (non-hydrogen) atoms. The van der Waals surface area contributed by atoms with Gasteiger partial charge in [0.05, 0.1) is 0 Å². The number of nitrogens with zero attached hydrogens (tertiary/aromatic N) is 2. The molecule has 1 aromatic rings. The molecule has 0 saturated carbocycles. The molecule has 1 amide bonds. The third kappa shape index (κ3) is 4.06. The quantitative estimate of drug-likeness (QED) is 0.863. The number of nitrogens with one attached hydrogen (secondary N) is 1. The van der Waals surface area contributed by atoms with Gasteiger partial charge in [0, 0.05) is 50.4 Å². The fraction of sp³-hybridized carbons (Fsp3) is 0.667. The summed E-state index contributed by atoms with van der Waals surface area (Å²) in [5.41, 5.74) is 3.90. The second kappa shape index (κ2) is 8.33. The molecule has 0 spiro atoms. The highest BCUT2D eigenvalue weighted by Gasteiger charge is 2.28. The highest BCUT2D eigenvalue weighted by Crippen LogP contribution is 2.31. The van der Waals surface area contributed by atoms with Crippen LogP contribution in [0.25, 0.3) is 0 Å². The Kier molecular flexibility index (Phi) is 6.13. The van der Waals surface area contributed by atoms with Crippen molar-refractivity contribution in [2.24, 2.45) is 5.92 Å². The van der Waals surface area contributed by atoms with Crippen LogP contribution in [0.15, 0.2) is 18.2 Å². The molecule has 1 N–H and O–H groups in total. The molecule has 0 aliphatic carbocycles. The van der Waals surface area contributed by atoms with Gasteiger partial charge in [-0.2, -0.15) is 0 Å². The minimum absolute atomic E-state index is 0.165. The molecule has 0 aromatic heterocycles. The van der Waals surface area contributed by atoms with Crippen LogP contribution in [-0.4, -0.2) is 49.6 Å². The van der Waals surface area contributed by atoms with Crippen molar-refractivity contribution in [1.82, 2.24) is 10.2 Å². The fourth-order valence-electron chi connectivity index (χ4n) is 4.26. The van der Waals surface area contributed by atoms with E-state index in [0.717, 1.165) is 64.1 Å². The maximum absolute atomic E-state index is 12.8. The number of piperazine rings is 1. The minimum Gasteiger partial charge on any atom is -0.314 e. The van der Waals surface area contributed by atoms with E-state index in [2.05, 4.69) is 49.2 Å². The highest BCUT2D eigenvalue weighted by atomic mass is 16.2. The third-order valence-corrected chi connectivity index (χ3v) is 5.95. The number of amides is 1. The highest BCUT2D eigenvalue weighted by molar-refractivity contribution is 5.97. The van der Waals surface area contributed by atoms with Crippen LogP contribution >= 0.6 is 0 Å². The zero-order valence-electron chi connectivity index (χ0n) is 16.1. The lowest BCUT2D eigenvalue weighted by molar-refractivity contribution is -0.122. The van der Waals surface area contributed by atoms with Gasteiger partial charge in [0.2, 0.25) is 5.91 Å². The summed E-state index contributed by atoms with van der Waals surface area (Å²) in [5.74, 6) is 0.476. The van der Waals surface area contributed by atoms with Gasteiger partial charge in [0.1, 0.15) is 0 Å². The van der Waals surface area contributed by atoms with Gasteiger partial charge in [-0.1, -0.05) is 26.0 Å². The summed E-state index contributed by atoms with van der Waals surface area (Å²) in [5, 5.41) is 3.42. The van der Waals surface area contributed by atoms with Gasteiger partial charge in [-0.05, 0) is 49.8 Å². The van der Waals surface area contributed by atoms with Crippen LogP contribution in [0.3, 0.4) is 0 Å². The van der Waals surface area contributed by atoms with Gasteiger partial charge < -0.3 is 10.2 Å². The Morgan fingerprint density at radius 2 is 1.88 bits per heavy atom. The molecule has 0 bridgehead atoms. The van der Waals surface area contributed by atoms with Gasteiger partial charge in [0.15, 0.2) is 0 Å². The molecule has 4 nitrogen and oxygen atoms in total. The first-order valence-corrected chi connectivity index (χ1v) is 10.0. The lowest BCUT2D eigenvalue weighted by Crippen LogP contribution is -2.48. The van der Waals surface area contributed by atoms with Crippen molar-refractivity contribution >= 4 is 11.6 Å². The van der Waals surface area contributed by atoms with Crippen molar-refractivity contribution in [1.29, 1.82) is 0 Å². The van der Waals surface area contributed by atoms with E-state index in [-0.39, 0.29) is 5.92 Å². The van der Waals surface area contributed by atoms with Gasteiger partial charge in [-0.3, -0.25) is 9.69 Å². The standard InChI is InChI=1S/C21H33N3O/c1-4-18(5-2)21(25)24-11-8-19-15-17(6-7-20(19)24)14-16(3)23-12-9-22-10-13-23/h6-7,15-16,18,22H,4-5,8-14H2,1-3H3. The number of carbonyl (C=O) groups is 1. The number of benzene rings is 1. The molecular weight excluding hydrogens is 310 g/mol. The van der Waals surface area contributed by atoms with E-state index >= 15 is 0 Å². The van der Waals surface area contributed by atoms with Crippen molar-refractivity contribution in [2.75, 3.05) is 37.6 Å². The van der Waals surface area contributed by atoms with Gasteiger partial charge in [-0.25, -0.2) is 0 Å². The Labute approximate surface area is 152 Å². The molecule has 1 fully saturated rings. The fourth-order valence-corrected chi connectivity index (χ4v) is 4.26. The molecule has 4 heteroatoms. The summed E-state index contributed by atoms with van der Waals surface area (Å²) in [6, 6.07) is 7.33. The van der Waals surface area contributed by atoms with E-state index in [1.165, 1.54) is 11.1 Å². The zero-order valence-corrected chi connectivity index (χ0v) is 16.1. The molecule has 1 saturated heterocycles. The summed E-state index contributed by atoms with van der Waals surface area (Å²) in [7, 11) is 0. The van der Waals surface area contributed by atoms with Gasteiger partial charge in [-0.15, -0.1) is 0 Å². The zero-order chi connectivity index (χ0) is 17.8. The second-order valence-corrected chi connectivity index (χ2v) is 7.56. The Hall–Kier alpha value is -1.39. The van der Waals surface area contributed by atoms with Crippen LogP contribution in [0.4, 0.5) is 5.69 Å². The van der Waals surface area contributed by atoms with Crippen molar-refractivity contribution in [3.05, 3.63) is 29.3 Å². The van der Waals surface area contributed by atoms with E-state index in [0.29, 0.717) is 11.9 Å². The molecule has 138 valence electrons. The number of hydrogen-bond acceptors (Lipinski definition) is 3. The van der Waals surface area contributed by atoms with Crippen LogP contribution in [0.2, 0.25) is 0 Å². The van der Waals surface area contributed by atoms with Crippen molar-refractivity contribution in [3.8, 4) is 0 Å². The number of anilines is 1. The summed E-state index contributed by atoms with van der Waals surface area (Å²) in [6.07, 6.45) is 3.95. The van der Waals surface area contributed by atoms with Crippen LogP contribution in [-0.2, 0) is 17.6 Å². The van der Waals surface area contributed by atoms with Crippen molar-refractivity contribution < 1.29 is 4.79 Å². The third-order valence-electron chi connectivity index (χ3n) is 5.95. The molecule has 1 atom stereocenters. The molecule has 2 aliphatic heterocycles. The molecular formula is C21H33N3O. The Bertz CT molecular complexity index is 591. The molecule has 2 heterocycles. The first-order valence-electron chi connectivity index (χ1n) is 10.0. The van der Waals surface area contributed by atoms with Crippen LogP contribution < -0.4 is 10.2 Å². The average molecular weight is 344 g/mol. The SMILES string of the molecule is CCC(CC)C(=O)N1CCc2cc(CC(C)N3CCNCC3)ccc21. The topological polar surface area (TPSA) is 35.6 Å². The Morgan fingerprint density at radius 3 is 2.56 bits per heavy atom. The Morgan fingerprint density at radius 1 is 1.16 bits per heavy atom. The maximum atomic E-state index is 12.8. The van der Waals surface area contributed by atoms with E-state index < -0.39 is 0 Å². The first-order chi connectivity index (χ1) is 12.1. The number of hydrogen-bond donors (Lipinski definition) is 1. The van der Waals surface area contributed by atoms with Crippen molar-refractivity contribution in [3.63, 3.8) is 0 Å². The number of rotatable bonds is 6. The van der Waals surface area contributed by atoms with Crippen LogP contribution in [0, 0.1) is 5.92 Å². The summed E-state index contributed by atoms with van der Waals surface area (Å²) in [4.78, 5) is 17.4. The molecule has 3 rings (SSSR count). The summed E-state index contributed by atoms with van der Waals surface area (Å²) in [6.45, 7) is 11.9. The van der Waals surface area contributed by atoms with E-state index in [9.17, 15) is 4.79 Å². The molecule has 2 aliphatic rings. The van der Waals surface area contributed by atoms with Crippen molar-refractivity contribution in [2.45, 2.75) is 52.5 Å². The van der Waals surface area contributed by atoms with Gasteiger partial charge in [0.25, 0.3) is 0 Å². The lowest BCUT2D eigenvalue weighted by Gasteiger charge is -2.33. The van der Waals surface area contributed by atoms with Crippen LogP contribution in [0.1, 0.15) is 44.7 Å². The van der Waals surface area contributed by atoms with E-state index in [1.807, 2.05) is 4.90 Å². The summed E-state index contributed by atoms with van der Waals surface area (Å²) >= 11 is 0. The van der Waals surface area contributed by atoms with Gasteiger partial charge >= 0.3 is 0 Å². The molecule has 1 aromatic carbocycles. The summed E-state index contributed by atoms with van der Waals surface area (Å²) < 4.78 is 0. The predicted molar refractivity (Wildman–Crippen MR) is 104 cm³/mol. The predicted octanol–water partition coefficient (Wildman–Crippen LogP) is 2.85.